The van der Waals surface area contributed by atoms with Gasteiger partial charge in [0.2, 0.25) is 0 Å². The van der Waals surface area contributed by atoms with Gasteiger partial charge in [-0.3, -0.25) is 0 Å². The summed E-state index contributed by atoms with van der Waals surface area (Å²) in [6.45, 7) is 10.2. The minimum Gasteiger partial charge on any atom is -0.465 e. The molecule has 1 unspecified atom stereocenters. The summed E-state index contributed by atoms with van der Waals surface area (Å²) in [5.74, 6) is 0.307. The van der Waals surface area contributed by atoms with Crippen LogP contribution in [0.15, 0.2) is 0 Å². The van der Waals surface area contributed by atoms with Crippen molar-refractivity contribution in [3.8, 4) is 0 Å². The van der Waals surface area contributed by atoms with Crippen molar-refractivity contribution in [1.82, 2.24) is 10.2 Å². The normalized spacial score (nSPS) is 17.8. The van der Waals surface area contributed by atoms with Crippen LogP contribution < -0.4 is 5.32 Å². The molecule has 1 rings (SSSR count). The number of hydrogen-bond donors (Lipinski definition) is 1. The zero-order valence-electron chi connectivity index (χ0n) is 14.1. The fourth-order valence-corrected chi connectivity index (χ4v) is 2.69. The molecule has 0 aromatic heterocycles. The second-order valence-corrected chi connectivity index (χ2v) is 5.83. The number of carbonyl (C=O) groups is 1. The lowest BCUT2D eigenvalue weighted by Gasteiger charge is -2.36. The van der Waals surface area contributed by atoms with Crippen LogP contribution in [-0.2, 0) is 14.3 Å². The molecule has 0 heterocycles. The van der Waals surface area contributed by atoms with Crippen molar-refractivity contribution in [2.75, 3.05) is 46.5 Å². The predicted molar refractivity (Wildman–Crippen MR) is 84.4 cm³/mol. The topological polar surface area (TPSA) is 50.8 Å². The van der Waals surface area contributed by atoms with Gasteiger partial charge in [0.1, 0.15) is 5.54 Å². The van der Waals surface area contributed by atoms with Gasteiger partial charge in [0.05, 0.1) is 13.2 Å². The molecule has 0 amide bonds. The van der Waals surface area contributed by atoms with Crippen molar-refractivity contribution in [1.29, 1.82) is 0 Å². The lowest BCUT2D eigenvalue weighted by Crippen LogP contribution is -2.61. The van der Waals surface area contributed by atoms with Gasteiger partial charge in [-0.1, -0.05) is 6.92 Å². The van der Waals surface area contributed by atoms with Crippen molar-refractivity contribution in [3.63, 3.8) is 0 Å². The summed E-state index contributed by atoms with van der Waals surface area (Å²) < 4.78 is 10.8. The van der Waals surface area contributed by atoms with Crippen LogP contribution >= 0.6 is 0 Å². The third-order valence-corrected chi connectivity index (χ3v) is 3.95. The molecule has 0 aromatic carbocycles. The quantitative estimate of drug-likeness (QED) is 0.439. The molecule has 0 saturated heterocycles. The van der Waals surface area contributed by atoms with Crippen molar-refractivity contribution in [2.45, 2.75) is 45.6 Å². The standard InChI is InChI=1S/C16H32N2O3/c1-5-10-17-16(14-8-9-14,15(19)21-7-3)13-18(4)11-12-20-6-2/h14,17H,5-13H2,1-4H3. The van der Waals surface area contributed by atoms with Crippen LogP contribution in [0.3, 0.4) is 0 Å². The third kappa shape index (κ3) is 5.57. The molecule has 5 nitrogen and oxygen atoms in total. The maximum atomic E-state index is 12.6. The maximum absolute atomic E-state index is 12.6. The smallest absolute Gasteiger partial charge is 0.327 e. The molecule has 1 fully saturated rings. The van der Waals surface area contributed by atoms with Gasteiger partial charge in [-0.2, -0.15) is 0 Å². The van der Waals surface area contributed by atoms with Crippen LogP contribution in [0.25, 0.3) is 0 Å². The van der Waals surface area contributed by atoms with Gasteiger partial charge in [0.15, 0.2) is 0 Å². The van der Waals surface area contributed by atoms with Crippen LogP contribution in [0.2, 0.25) is 0 Å². The second-order valence-electron chi connectivity index (χ2n) is 5.83. The van der Waals surface area contributed by atoms with Crippen LogP contribution in [0.5, 0.6) is 0 Å². The van der Waals surface area contributed by atoms with Crippen molar-refractivity contribution in [2.24, 2.45) is 5.92 Å². The summed E-state index contributed by atoms with van der Waals surface area (Å²) in [5, 5.41) is 3.49. The highest BCUT2D eigenvalue weighted by Gasteiger charge is 2.52. The first-order valence-corrected chi connectivity index (χ1v) is 8.29. The molecular weight excluding hydrogens is 268 g/mol. The first kappa shape index (κ1) is 18.4. The van der Waals surface area contributed by atoms with Gasteiger partial charge in [-0.15, -0.1) is 0 Å². The molecule has 0 spiro atoms. The number of likely N-dealkylation sites (N-methyl/N-ethyl adjacent to an activating group) is 1. The van der Waals surface area contributed by atoms with Crippen LogP contribution in [0.4, 0.5) is 0 Å². The lowest BCUT2D eigenvalue weighted by atomic mass is 9.92. The van der Waals surface area contributed by atoms with E-state index in [1.807, 2.05) is 20.9 Å². The van der Waals surface area contributed by atoms with E-state index in [9.17, 15) is 4.79 Å². The highest BCUT2D eigenvalue weighted by Crippen LogP contribution is 2.41. The van der Waals surface area contributed by atoms with E-state index in [-0.39, 0.29) is 5.97 Å². The summed E-state index contributed by atoms with van der Waals surface area (Å²) >= 11 is 0. The van der Waals surface area contributed by atoms with Crippen LogP contribution in [-0.4, -0.2) is 62.9 Å². The van der Waals surface area contributed by atoms with E-state index >= 15 is 0 Å². The number of nitrogens with one attached hydrogen (secondary N) is 1. The number of carbonyl (C=O) groups excluding carboxylic acids is 1. The van der Waals surface area contributed by atoms with E-state index in [1.54, 1.807) is 0 Å². The van der Waals surface area contributed by atoms with E-state index in [1.165, 1.54) is 0 Å². The molecule has 0 radical (unpaired) electrons. The fraction of sp³-hybridized carbons (Fsp3) is 0.938. The largest absolute Gasteiger partial charge is 0.465 e. The Hall–Kier alpha value is -0.650. The molecule has 21 heavy (non-hydrogen) atoms. The van der Waals surface area contributed by atoms with Crippen molar-refractivity contribution in [3.05, 3.63) is 0 Å². The summed E-state index contributed by atoms with van der Waals surface area (Å²) in [6, 6.07) is 0. The second kappa shape index (κ2) is 9.38. The lowest BCUT2D eigenvalue weighted by molar-refractivity contribution is -0.153. The first-order valence-electron chi connectivity index (χ1n) is 8.29. The summed E-state index contributed by atoms with van der Waals surface area (Å²) in [4.78, 5) is 14.7. The highest BCUT2D eigenvalue weighted by atomic mass is 16.5. The van der Waals surface area contributed by atoms with Gasteiger partial charge in [-0.05, 0) is 52.6 Å². The van der Waals surface area contributed by atoms with Crippen LogP contribution in [0.1, 0.15) is 40.0 Å². The number of nitrogens with zero attached hydrogens (tertiary/aromatic N) is 1. The Balaban J connectivity index is 2.71. The number of ether oxygens (including phenoxy) is 2. The summed E-state index contributed by atoms with van der Waals surface area (Å²) in [6.07, 6.45) is 3.22. The molecule has 1 aliphatic rings. The highest BCUT2D eigenvalue weighted by molar-refractivity contribution is 5.82. The van der Waals surface area contributed by atoms with Crippen molar-refractivity contribution >= 4 is 5.97 Å². The predicted octanol–water partition coefficient (Wildman–Crippen LogP) is 1.67. The first-order chi connectivity index (χ1) is 10.1. The van der Waals surface area contributed by atoms with Gasteiger partial charge >= 0.3 is 5.97 Å². The van der Waals surface area contributed by atoms with Crippen LogP contribution in [0, 0.1) is 5.92 Å². The number of rotatable bonds is 12. The summed E-state index contributed by atoms with van der Waals surface area (Å²) in [7, 11) is 2.04. The molecule has 0 bridgehead atoms. The van der Waals surface area contributed by atoms with Crippen molar-refractivity contribution < 1.29 is 14.3 Å². The van der Waals surface area contributed by atoms with Gasteiger partial charge in [0, 0.05) is 19.7 Å². The molecule has 0 aliphatic heterocycles. The monoisotopic (exact) mass is 300 g/mol. The maximum Gasteiger partial charge on any atom is 0.327 e. The number of hydrogen-bond acceptors (Lipinski definition) is 5. The Kier molecular flexibility index (Phi) is 8.22. The Morgan fingerprint density at radius 3 is 2.52 bits per heavy atom. The summed E-state index contributed by atoms with van der Waals surface area (Å²) in [5.41, 5.74) is -0.549. The minimum atomic E-state index is -0.549. The van der Waals surface area contributed by atoms with E-state index in [4.69, 9.17) is 9.47 Å². The third-order valence-electron chi connectivity index (χ3n) is 3.95. The fourth-order valence-electron chi connectivity index (χ4n) is 2.69. The molecular formula is C16H32N2O3. The average Bonchev–Trinajstić information content (AvgIpc) is 3.29. The SMILES string of the molecule is CCCNC(CN(C)CCOCC)(C(=O)OCC)C1CC1. The van der Waals surface area contributed by atoms with Gasteiger partial charge in [0.25, 0.3) is 0 Å². The van der Waals surface area contributed by atoms with Gasteiger partial charge < -0.3 is 19.7 Å². The Labute approximate surface area is 129 Å². The Bertz CT molecular complexity index is 308. The zero-order chi connectivity index (χ0) is 15.7. The van der Waals surface area contributed by atoms with E-state index in [0.29, 0.717) is 25.7 Å². The Morgan fingerprint density at radius 1 is 1.29 bits per heavy atom. The molecule has 1 aliphatic carbocycles. The van der Waals surface area contributed by atoms with E-state index in [0.717, 1.165) is 39.0 Å². The van der Waals surface area contributed by atoms with E-state index in [2.05, 4.69) is 17.1 Å². The molecule has 1 saturated carbocycles. The molecule has 5 heteroatoms. The Morgan fingerprint density at radius 2 is 2.00 bits per heavy atom. The molecule has 0 aromatic rings. The average molecular weight is 300 g/mol. The van der Waals surface area contributed by atoms with E-state index < -0.39 is 5.54 Å². The zero-order valence-corrected chi connectivity index (χ0v) is 14.1. The minimum absolute atomic E-state index is 0.0933. The number of esters is 1. The molecule has 124 valence electrons. The molecule has 1 N–H and O–H groups in total. The molecule has 1 atom stereocenters. The van der Waals surface area contributed by atoms with Gasteiger partial charge in [-0.25, -0.2) is 4.79 Å².